The summed E-state index contributed by atoms with van der Waals surface area (Å²) in [7, 11) is 3.70. The smallest absolute Gasteiger partial charge is 0.254 e. The number of thiophene rings is 1. The zero-order valence-electron chi connectivity index (χ0n) is 14.9. The maximum atomic E-state index is 13.5. The minimum Gasteiger partial charge on any atom is -0.354 e. The Bertz CT molecular complexity index is 709. The molecule has 1 aromatic carbocycles. The van der Waals surface area contributed by atoms with Crippen molar-refractivity contribution in [2.24, 2.45) is 4.99 Å². The third kappa shape index (κ3) is 6.91. The molecule has 0 saturated heterocycles. The molecule has 0 fully saturated rings. The van der Waals surface area contributed by atoms with Crippen molar-refractivity contribution in [1.29, 1.82) is 0 Å². The first-order valence-electron chi connectivity index (χ1n) is 8.08. The molecule has 0 spiro atoms. The Morgan fingerprint density at radius 2 is 1.92 bits per heavy atom. The zero-order chi connectivity index (χ0) is 18.1. The number of guanidine groups is 1. The number of nitrogens with zero attached hydrogens (tertiary/aromatic N) is 2. The topological polar surface area (TPSA) is 56.7 Å². The molecular formula is C18H24FIN4OS. The quantitative estimate of drug-likeness (QED) is 0.272. The van der Waals surface area contributed by atoms with Gasteiger partial charge in [-0.15, -0.1) is 35.3 Å². The highest BCUT2D eigenvalue weighted by molar-refractivity contribution is 14.0. The molecule has 26 heavy (non-hydrogen) atoms. The molecule has 0 aliphatic carbocycles. The molecule has 1 amide bonds. The average molecular weight is 490 g/mol. The number of halogens is 2. The van der Waals surface area contributed by atoms with E-state index >= 15 is 0 Å². The molecule has 0 saturated carbocycles. The van der Waals surface area contributed by atoms with E-state index in [1.807, 2.05) is 18.0 Å². The number of carbonyl (C=O) groups excluding carboxylic acids is 1. The molecule has 0 unspecified atom stereocenters. The molecule has 0 aliphatic rings. The van der Waals surface area contributed by atoms with Gasteiger partial charge in [-0.1, -0.05) is 18.2 Å². The van der Waals surface area contributed by atoms with Crippen LogP contribution in [0.4, 0.5) is 4.39 Å². The maximum absolute atomic E-state index is 13.5. The molecular weight excluding hydrogens is 466 g/mol. The van der Waals surface area contributed by atoms with Crippen molar-refractivity contribution < 1.29 is 9.18 Å². The third-order valence-electron chi connectivity index (χ3n) is 3.66. The van der Waals surface area contributed by atoms with E-state index in [2.05, 4.69) is 27.1 Å². The van der Waals surface area contributed by atoms with Crippen LogP contribution < -0.4 is 10.6 Å². The van der Waals surface area contributed by atoms with Gasteiger partial charge in [-0.2, -0.15) is 0 Å². The number of aliphatic imine (C=N–C) groups is 1. The normalized spacial score (nSPS) is 10.8. The molecule has 142 valence electrons. The molecule has 8 heteroatoms. The highest BCUT2D eigenvalue weighted by Gasteiger charge is 2.10. The second-order valence-electron chi connectivity index (χ2n) is 5.46. The van der Waals surface area contributed by atoms with Gasteiger partial charge < -0.3 is 15.5 Å². The summed E-state index contributed by atoms with van der Waals surface area (Å²) >= 11 is 1.74. The van der Waals surface area contributed by atoms with E-state index in [1.165, 1.54) is 17.0 Å². The summed E-state index contributed by atoms with van der Waals surface area (Å²) < 4.78 is 13.5. The largest absolute Gasteiger partial charge is 0.354 e. The maximum Gasteiger partial charge on any atom is 0.254 e. The SMILES string of the molecule is CN=C(NCCNC(=O)c1ccccc1F)N(C)CCc1cccs1.I. The predicted octanol–water partition coefficient (Wildman–Crippen LogP) is 2.98. The van der Waals surface area contributed by atoms with Crippen LogP contribution in [0.2, 0.25) is 0 Å². The Kier molecular flexibility index (Phi) is 10.2. The summed E-state index contributed by atoms with van der Waals surface area (Å²) in [5.74, 6) is -0.172. The number of hydrogen-bond acceptors (Lipinski definition) is 3. The Morgan fingerprint density at radius 3 is 2.58 bits per heavy atom. The van der Waals surface area contributed by atoms with E-state index in [0.29, 0.717) is 13.1 Å². The number of hydrogen-bond donors (Lipinski definition) is 2. The standard InChI is InChI=1S/C18H23FN4OS.HI/c1-20-18(23(2)12-9-14-6-5-13-25-14)22-11-10-21-17(24)15-7-3-4-8-16(15)19;/h3-8,13H,9-12H2,1-2H3,(H,20,22)(H,21,24);1H. The van der Waals surface area contributed by atoms with E-state index in [9.17, 15) is 9.18 Å². The van der Waals surface area contributed by atoms with Crippen LogP contribution in [0.3, 0.4) is 0 Å². The minimum absolute atomic E-state index is 0. The van der Waals surface area contributed by atoms with Gasteiger partial charge >= 0.3 is 0 Å². The van der Waals surface area contributed by atoms with Crippen LogP contribution in [0.5, 0.6) is 0 Å². The number of carbonyl (C=O) groups is 1. The Hall–Kier alpha value is -1.68. The van der Waals surface area contributed by atoms with Gasteiger partial charge in [0, 0.05) is 38.6 Å². The number of nitrogens with one attached hydrogen (secondary N) is 2. The summed E-state index contributed by atoms with van der Waals surface area (Å²) in [4.78, 5) is 19.5. The molecule has 1 aromatic heterocycles. The van der Waals surface area contributed by atoms with Gasteiger partial charge in [0.2, 0.25) is 0 Å². The van der Waals surface area contributed by atoms with Crippen molar-refractivity contribution >= 4 is 47.2 Å². The summed E-state index contributed by atoms with van der Waals surface area (Å²) in [6, 6.07) is 10.1. The van der Waals surface area contributed by atoms with Crippen LogP contribution in [0.15, 0.2) is 46.8 Å². The second-order valence-corrected chi connectivity index (χ2v) is 6.49. The molecule has 0 radical (unpaired) electrons. The lowest BCUT2D eigenvalue weighted by Gasteiger charge is -2.22. The summed E-state index contributed by atoms with van der Waals surface area (Å²) in [6.45, 7) is 1.74. The lowest BCUT2D eigenvalue weighted by Crippen LogP contribution is -2.43. The van der Waals surface area contributed by atoms with Crippen molar-refractivity contribution in [2.45, 2.75) is 6.42 Å². The van der Waals surface area contributed by atoms with Crippen LogP contribution >= 0.6 is 35.3 Å². The van der Waals surface area contributed by atoms with Crippen LogP contribution in [-0.4, -0.2) is 50.5 Å². The first kappa shape index (κ1) is 22.4. The molecule has 0 aliphatic heterocycles. The minimum atomic E-state index is -0.517. The Balaban J connectivity index is 0.00000338. The van der Waals surface area contributed by atoms with Crippen molar-refractivity contribution in [1.82, 2.24) is 15.5 Å². The number of benzene rings is 1. The molecule has 1 heterocycles. The predicted molar refractivity (Wildman–Crippen MR) is 116 cm³/mol. The highest BCUT2D eigenvalue weighted by atomic mass is 127. The van der Waals surface area contributed by atoms with E-state index in [0.717, 1.165) is 18.9 Å². The van der Waals surface area contributed by atoms with Gasteiger partial charge in [-0.25, -0.2) is 4.39 Å². The fourth-order valence-corrected chi connectivity index (χ4v) is 3.01. The Morgan fingerprint density at radius 1 is 1.19 bits per heavy atom. The van der Waals surface area contributed by atoms with Gasteiger partial charge in [-0.05, 0) is 30.0 Å². The fourth-order valence-electron chi connectivity index (χ4n) is 2.31. The summed E-state index contributed by atoms with van der Waals surface area (Å²) in [5.41, 5.74) is 0.0555. The van der Waals surface area contributed by atoms with Gasteiger partial charge in [-0.3, -0.25) is 9.79 Å². The number of amides is 1. The van der Waals surface area contributed by atoms with Gasteiger partial charge in [0.15, 0.2) is 5.96 Å². The third-order valence-corrected chi connectivity index (χ3v) is 4.60. The summed E-state index contributed by atoms with van der Waals surface area (Å²) in [5, 5.41) is 7.96. The Labute approximate surface area is 174 Å². The van der Waals surface area contributed by atoms with Crippen LogP contribution in [-0.2, 0) is 6.42 Å². The average Bonchev–Trinajstić information content (AvgIpc) is 3.13. The van der Waals surface area contributed by atoms with Crippen LogP contribution in [0.1, 0.15) is 15.2 Å². The number of rotatable bonds is 7. The van der Waals surface area contributed by atoms with Crippen molar-refractivity contribution in [3.8, 4) is 0 Å². The highest BCUT2D eigenvalue weighted by Crippen LogP contribution is 2.09. The van der Waals surface area contributed by atoms with Gasteiger partial charge in [0.1, 0.15) is 5.82 Å². The zero-order valence-corrected chi connectivity index (χ0v) is 18.0. The van der Waals surface area contributed by atoms with Gasteiger partial charge in [0.05, 0.1) is 5.56 Å². The first-order chi connectivity index (χ1) is 12.1. The lowest BCUT2D eigenvalue weighted by molar-refractivity contribution is 0.0950. The molecule has 0 bridgehead atoms. The van der Waals surface area contributed by atoms with Crippen LogP contribution in [0.25, 0.3) is 0 Å². The van der Waals surface area contributed by atoms with E-state index in [-0.39, 0.29) is 29.5 Å². The van der Waals surface area contributed by atoms with Gasteiger partial charge in [0.25, 0.3) is 5.91 Å². The van der Waals surface area contributed by atoms with E-state index < -0.39 is 11.7 Å². The first-order valence-corrected chi connectivity index (χ1v) is 8.96. The second kappa shape index (κ2) is 11.8. The van der Waals surface area contributed by atoms with E-state index in [4.69, 9.17) is 0 Å². The molecule has 2 rings (SSSR count). The number of likely N-dealkylation sites (N-methyl/N-ethyl adjacent to an activating group) is 1. The molecule has 0 atom stereocenters. The lowest BCUT2D eigenvalue weighted by atomic mass is 10.2. The van der Waals surface area contributed by atoms with Crippen LogP contribution in [0, 0.1) is 5.82 Å². The van der Waals surface area contributed by atoms with Crippen molar-refractivity contribution in [3.63, 3.8) is 0 Å². The molecule has 2 N–H and O–H groups in total. The summed E-state index contributed by atoms with van der Waals surface area (Å²) in [6.07, 6.45) is 0.957. The fraction of sp³-hybridized carbons (Fsp3) is 0.333. The van der Waals surface area contributed by atoms with Crippen molar-refractivity contribution in [2.75, 3.05) is 33.7 Å². The monoisotopic (exact) mass is 490 g/mol. The van der Waals surface area contributed by atoms with Crippen molar-refractivity contribution in [3.05, 3.63) is 58.0 Å². The van der Waals surface area contributed by atoms with E-state index in [1.54, 1.807) is 30.5 Å². The molecule has 5 nitrogen and oxygen atoms in total. The molecule has 2 aromatic rings.